The first kappa shape index (κ1) is 11.8. The number of amides is 2. The quantitative estimate of drug-likeness (QED) is 0.830. The Morgan fingerprint density at radius 3 is 2.82 bits per heavy atom. The fraction of sp³-hybridized carbons (Fsp3) is 0.500. The molecule has 2 amide bonds. The third-order valence-corrected chi connectivity index (χ3v) is 2.96. The molecule has 0 atom stereocenters. The predicted molar refractivity (Wildman–Crippen MR) is 63.2 cm³/mol. The average Bonchev–Trinajstić information content (AvgIpc) is 2.33. The van der Waals surface area contributed by atoms with Gasteiger partial charge < -0.3 is 10.6 Å². The lowest BCUT2D eigenvalue weighted by Crippen LogP contribution is -2.39. The third kappa shape index (κ3) is 3.41. The number of pyridine rings is 1. The summed E-state index contributed by atoms with van der Waals surface area (Å²) < 4.78 is 13.2. The Hall–Kier alpha value is -1.65. The van der Waals surface area contributed by atoms with Gasteiger partial charge in [-0.15, -0.1) is 0 Å². The van der Waals surface area contributed by atoms with Crippen LogP contribution in [0.3, 0.4) is 0 Å². The van der Waals surface area contributed by atoms with Gasteiger partial charge in [0.1, 0.15) is 0 Å². The van der Waals surface area contributed by atoms with Crippen molar-refractivity contribution in [3.8, 4) is 0 Å². The molecule has 1 heterocycles. The second-order valence-corrected chi connectivity index (χ2v) is 4.29. The molecule has 1 aliphatic carbocycles. The minimum atomic E-state index is -0.522. The van der Waals surface area contributed by atoms with Crippen LogP contribution >= 0.6 is 0 Å². The number of anilines is 1. The zero-order valence-electron chi connectivity index (χ0n) is 9.58. The molecule has 1 aliphatic rings. The van der Waals surface area contributed by atoms with Crippen LogP contribution in [0.2, 0.25) is 0 Å². The third-order valence-electron chi connectivity index (χ3n) is 2.96. The van der Waals surface area contributed by atoms with E-state index in [1.165, 1.54) is 18.7 Å². The first-order valence-corrected chi connectivity index (χ1v) is 5.93. The first-order chi connectivity index (χ1) is 8.25. The van der Waals surface area contributed by atoms with E-state index in [1.54, 1.807) is 0 Å². The van der Waals surface area contributed by atoms with Gasteiger partial charge in [0.05, 0.1) is 11.9 Å². The maximum absolute atomic E-state index is 13.2. The van der Waals surface area contributed by atoms with Crippen LogP contribution in [0.4, 0.5) is 14.9 Å². The SMILES string of the molecule is O=C(Nc1ccncc1F)NC1CCCCC1. The van der Waals surface area contributed by atoms with Gasteiger partial charge in [-0.25, -0.2) is 9.18 Å². The van der Waals surface area contributed by atoms with Crippen molar-refractivity contribution in [3.63, 3.8) is 0 Å². The standard InChI is InChI=1S/C12H16FN3O/c13-10-8-14-7-6-11(10)16-12(17)15-9-4-2-1-3-5-9/h6-9H,1-5H2,(H2,14,15,16,17). The molecule has 0 saturated heterocycles. The number of aromatic nitrogens is 1. The van der Waals surface area contributed by atoms with Gasteiger partial charge in [-0.3, -0.25) is 4.98 Å². The van der Waals surface area contributed by atoms with Crippen molar-refractivity contribution < 1.29 is 9.18 Å². The van der Waals surface area contributed by atoms with Crippen molar-refractivity contribution in [2.45, 2.75) is 38.1 Å². The van der Waals surface area contributed by atoms with E-state index in [-0.39, 0.29) is 17.8 Å². The van der Waals surface area contributed by atoms with E-state index < -0.39 is 5.82 Å². The Balaban J connectivity index is 1.86. The Kier molecular flexibility index (Phi) is 3.90. The summed E-state index contributed by atoms with van der Waals surface area (Å²) in [6.45, 7) is 0. The lowest BCUT2D eigenvalue weighted by molar-refractivity contribution is 0.244. The summed E-state index contributed by atoms with van der Waals surface area (Å²) in [5.41, 5.74) is 0.160. The summed E-state index contributed by atoms with van der Waals surface area (Å²) in [5, 5.41) is 5.35. The van der Waals surface area contributed by atoms with E-state index in [0.29, 0.717) is 0 Å². The fourth-order valence-corrected chi connectivity index (χ4v) is 2.07. The van der Waals surface area contributed by atoms with Gasteiger partial charge in [-0.1, -0.05) is 19.3 Å². The van der Waals surface area contributed by atoms with Crippen molar-refractivity contribution in [2.24, 2.45) is 0 Å². The highest BCUT2D eigenvalue weighted by Gasteiger charge is 2.16. The Morgan fingerprint density at radius 1 is 1.35 bits per heavy atom. The van der Waals surface area contributed by atoms with Gasteiger partial charge >= 0.3 is 6.03 Å². The maximum atomic E-state index is 13.2. The van der Waals surface area contributed by atoms with Gasteiger partial charge in [0.2, 0.25) is 0 Å². The smallest absolute Gasteiger partial charge is 0.319 e. The number of rotatable bonds is 2. The summed E-state index contributed by atoms with van der Waals surface area (Å²) >= 11 is 0. The summed E-state index contributed by atoms with van der Waals surface area (Å²) in [4.78, 5) is 15.2. The Morgan fingerprint density at radius 2 is 2.12 bits per heavy atom. The van der Waals surface area contributed by atoms with Crippen LogP contribution in [0.15, 0.2) is 18.5 Å². The molecule has 92 valence electrons. The summed E-state index contributed by atoms with van der Waals surface area (Å²) in [6, 6.07) is 1.31. The van der Waals surface area contributed by atoms with Crippen molar-refractivity contribution in [1.29, 1.82) is 0 Å². The summed E-state index contributed by atoms with van der Waals surface area (Å²) in [5.74, 6) is -0.522. The van der Waals surface area contributed by atoms with E-state index in [9.17, 15) is 9.18 Å². The van der Waals surface area contributed by atoms with Crippen LogP contribution in [0.1, 0.15) is 32.1 Å². The highest BCUT2D eigenvalue weighted by molar-refractivity contribution is 5.89. The molecule has 2 N–H and O–H groups in total. The number of carbonyl (C=O) groups is 1. The molecule has 0 aromatic carbocycles. The van der Waals surface area contributed by atoms with Crippen molar-refractivity contribution >= 4 is 11.7 Å². The van der Waals surface area contributed by atoms with E-state index in [2.05, 4.69) is 15.6 Å². The highest BCUT2D eigenvalue weighted by Crippen LogP contribution is 2.17. The van der Waals surface area contributed by atoms with Gasteiger partial charge in [-0.05, 0) is 18.9 Å². The van der Waals surface area contributed by atoms with E-state index in [1.807, 2.05) is 0 Å². The minimum Gasteiger partial charge on any atom is -0.335 e. The zero-order chi connectivity index (χ0) is 12.1. The molecule has 2 rings (SSSR count). The maximum Gasteiger partial charge on any atom is 0.319 e. The van der Waals surface area contributed by atoms with Crippen molar-refractivity contribution in [1.82, 2.24) is 10.3 Å². The molecule has 1 aromatic rings. The van der Waals surface area contributed by atoms with Crippen LogP contribution in [-0.4, -0.2) is 17.1 Å². The lowest BCUT2D eigenvalue weighted by Gasteiger charge is -2.22. The van der Waals surface area contributed by atoms with E-state index >= 15 is 0 Å². The molecule has 0 spiro atoms. The number of hydrogen-bond donors (Lipinski definition) is 2. The molecule has 4 nitrogen and oxygen atoms in total. The van der Waals surface area contributed by atoms with E-state index in [4.69, 9.17) is 0 Å². The molecule has 1 aromatic heterocycles. The first-order valence-electron chi connectivity index (χ1n) is 5.93. The van der Waals surface area contributed by atoms with Gasteiger partial charge in [0.15, 0.2) is 5.82 Å². The molecule has 0 bridgehead atoms. The van der Waals surface area contributed by atoms with Gasteiger partial charge in [0.25, 0.3) is 0 Å². The topological polar surface area (TPSA) is 54.0 Å². The van der Waals surface area contributed by atoms with Crippen LogP contribution in [0.5, 0.6) is 0 Å². The summed E-state index contributed by atoms with van der Waals surface area (Å²) in [7, 11) is 0. The molecule has 17 heavy (non-hydrogen) atoms. The van der Waals surface area contributed by atoms with Crippen LogP contribution in [-0.2, 0) is 0 Å². The predicted octanol–water partition coefficient (Wildman–Crippen LogP) is 2.67. The second kappa shape index (κ2) is 5.61. The molecule has 1 fully saturated rings. The highest BCUT2D eigenvalue weighted by atomic mass is 19.1. The number of carbonyl (C=O) groups excluding carboxylic acids is 1. The molecule has 1 saturated carbocycles. The lowest BCUT2D eigenvalue weighted by atomic mass is 9.96. The molecular formula is C12H16FN3O. The van der Waals surface area contributed by atoms with Crippen molar-refractivity contribution in [3.05, 3.63) is 24.3 Å². The second-order valence-electron chi connectivity index (χ2n) is 4.29. The van der Waals surface area contributed by atoms with Crippen molar-refractivity contribution in [2.75, 3.05) is 5.32 Å². The number of nitrogens with zero attached hydrogens (tertiary/aromatic N) is 1. The fourth-order valence-electron chi connectivity index (χ4n) is 2.07. The minimum absolute atomic E-state index is 0.160. The van der Waals surface area contributed by atoms with E-state index in [0.717, 1.165) is 31.9 Å². The Bertz CT molecular complexity index is 391. The normalized spacial score (nSPS) is 16.5. The largest absolute Gasteiger partial charge is 0.335 e. The number of hydrogen-bond acceptors (Lipinski definition) is 2. The van der Waals surface area contributed by atoms with Crippen LogP contribution < -0.4 is 10.6 Å². The van der Waals surface area contributed by atoms with Crippen LogP contribution in [0, 0.1) is 5.82 Å². The summed E-state index contributed by atoms with van der Waals surface area (Å²) in [6.07, 6.45) is 8.07. The van der Waals surface area contributed by atoms with Gasteiger partial charge in [-0.2, -0.15) is 0 Å². The zero-order valence-corrected chi connectivity index (χ0v) is 9.58. The molecule has 0 radical (unpaired) electrons. The number of halogens is 1. The number of nitrogens with one attached hydrogen (secondary N) is 2. The monoisotopic (exact) mass is 237 g/mol. The molecular weight excluding hydrogens is 221 g/mol. The van der Waals surface area contributed by atoms with Crippen LogP contribution in [0.25, 0.3) is 0 Å². The Labute approximate surface area is 99.6 Å². The molecule has 0 aliphatic heterocycles. The van der Waals surface area contributed by atoms with Gasteiger partial charge in [0, 0.05) is 12.2 Å². The molecule has 5 heteroatoms. The average molecular weight is 237 g/mol. The molecule has 0 unspecified atom stereocenters. The number of urea groups is 1.